The molecule has 0 aromatic heterocycles. The molecule has 1 unspecified atom stereocenters. The highest BCUT2D eigenvalue weighted by atomic mass is 79.9. The smallest absolute Gasteiger partial charge is 0.0720 e. The second-order valence-corrected chi connectivity index (χ2v) is 5.92. The van der Waals surface area contributed by atoms with Crippen LogP contribution in [0.1, 0.15) is 39.2 Å². The summed E-state index contributed by atoms with van der Waals surface area (Å²) in [6.45, 7) is 8.26. The van der Waals surface area contributed by atoms with Crippen LogP contribution in [0.3, 0.4) is 0 Å². The molecule has 0 saturated carbocycles. The van der Waals surface area contributed by atoms with Crippen molar-refractivity contribution < 1.29 is 4.74 Å². The molecule has 18 heavy (non-hydrogen) atoms. The van der Waals surface area contributed by atoms with E-state index in [2.05, 4.69) is 54.2 Å². The lowest BCUT2D eigenvalue weighted by Gasteiger charge is -2.14. The van der Waals surface area contributed by atoms with Crippen molar-refractivity contribution in [3.05, 3.63) is 34.3 Å². The lowest BCUT2D eigenvalue weighted by Crippen LogP contribution is -2.24. The summed E-state index contributed by atoms with van der Waals surface area (Å²) >= 11 is 3.47. The van der Waals surface area contributed by atoms with Crippen LogP contribution in [0.5, 0.6) is 0 Å². The van der Waals surface area contributed by atoms with Crippen LogP contribution in [0.25, 0.3) is 0 Å². The van der Waals surface area contributed by atoms with Crippen LogP contribution in [0, 0.1) is 0 Å². The SMILES string of the molecule is CC(C)NCCCC(C)OCc1cccc(Br)c1. The third-order valence-corrected chi connectivity index (χ3v) is 3.26. The van der Waals surface area contributed by atoms with Gasteiger partial charge in [-0.3, -0.25) is 0 Å². The van der Waals surface area contributed by atoms with E-state index in [4.69, 9.17) is 4.74 Å². The second kappa shape index (κ2) is 8.68. The highest BCUT2D eigenvalue weighted by Gasteiger charge is 2.03. The highest BCUT2D eigenvalue weighted by molar-refractivity contribution is 9.10. The molecule has 1 rings (SSSR count). The van der Waals surface area contributed by atoms with Gasteiger partial charge in [-0.1, -0.05) is 41.9 Å². The number of halogens is 1. The lowest BCUT2D eigenvalue weighted by molar-refractivity contribution is 0.0463. The summed E-state index contributed by atoms with van der Waals surface area (Å²) in [6.07, 6.45) is 2.59. The first-order chi connectivity index (χ1) is 8.58. The Balaban J connectivity index is 2.15. The van der Waals surface area contributed by atoms with E-state index >= 15 is 0 Å². The first kappa shape index (κ1) is 15.7. The minimum atomic E-state index is 0.318. The van der Waals surface area contributed by atoms with Gasteiger partial charge in [0.05, 0.1) is 12.7 Å². The van der Waals surface area contributed by atoms with Crippen LogP contribution in [0.2, 0.25) is 0 Å². The molecule has 0 heterocycles. The van der Waals surface area contributed by atoms with Crippen molar-refractivity contribution in [2.24, 2.45) is 0 Å². The second-order valence-electron chi connectivity index (χ2n) is 5.00. The maximum Gasteiger partial charge on any atom is 0.0720 e. The number of nitrogens with one attached hydrogen (secondary N) is 1. The summed E-state index contributed by atoms with van der Waals surface area (Å²) in [4.78, 5) is 0. The number of benzene rings is 1. The largest absolute Gasteiger partial charge is 0.374 e. The molecule has 3 heteroatoms. The van der Waals surface area contributed by atoms with E-state index in [0.29, 0.717) is 18.8 Å². The summed E-state index contributed by atoms with van der Waals surface area (Å²) in [5.41, 5.74) is 1.22. The van der Waals surface area contributed by atoms with Gasteiger partial charge in [-0.15, -0.1) is 0 Å². The van der Waals surface area contributed by atoms with Crippen LogP contribution in [-0.2, 0) is 11.3 Å². The third kappa shape index (κ3) is 7.14. The predicted octanol–water partition coefficient (Wildman–Crippen LogP) is 4.13. The first-order valence-electron chi connectivity index (χ1n) is 6.67. The molecule has 0 aliphatic carbocycles. The topological polar surface area (TPSA) is 21.3 Å². The number of ether oxygens (including phenoxy) is 1. The summed E-state index contributed by atoms with van der Waals surface area (Å²) in [6, 6.07) is 8.85. The molecule has 0 aliphatic rings. The Morgan fingerprint density at radius 1 is 1.28 bits per heavy atom. The Kier molecular flexibility index (Phi) is 7.56. The third-order valence-electron chi connectivity index (χ3n) is 2.76. The Bertz CT molecular complexity index is 341. The summed E-state index contributed by atoms with van der Waals surface area (Å²) in [7, 11) is 0. The van der Waals surface area contributed by atoms with Gasteiger partial charge in [0.1, 0.15) is 0 Å². The Morgan fingerprint density at radius 2 is 2.06 bits per heavy atom. The maximum absolute atomic E-state index is 5.84. The van der Waals surface area contributed by atoms with Crippen LogP contribution >= 0.6 is 15.9 Å². The first-order valence-corrected chi connectivity index (χ1v) is 7.46. The Labute approximate surface area is 119 Å². The molecule has 102 valence electrons. The van der Waals surface area contributed by atoms with Crippen molar-refractivity contribution in [2.75, 3.05) is 6.54 Å². The van der Waals surface area contributed by atoms with Crippen LogP contribution in [0.4, 0.5) is 0 Å². The van der Waals surface area contributed by atoms with Gasteiger partial charge >= 0.3 is 0 Å². The molecule has 0 saturated heterocycles. The van der Waals surface area contributed by atoms with Crippen LogP contribution in [-0.4, -0.2) is 18.7 Å². The minimum Gasteiger partial charge on any atom is -0.374 e. The van der Waals surface area contributed by atoms with Crippen molar-refractivity contribution in [1.29, 1.82) is 0 Å². The van der Waals surface area contributed by atoms with Crippen molar-refractivity contribution in [1.82, 2.24) is 5.32 Å². The average Bonchev–Trinajstić information content (AvgIpc) is 2.32. The fourth-order valence-electron chi connectivity index (χ4n) is 1.73. The number of hydrogen-bond donors (Lipinski definition) is 1. The molecule has 1 N–H and O–H groups in total. The summed E-state index contributed by atoms with van der Waals surface area (Å²) in [5.74, 6) is 0. The molecule has 0 aliphatic heterocycles. The number of rotatable bonds is 8. The molecule has 1 atom stereocenters. The average molecular weight is 314 g/mol. The van der Waals surface area contributed by atoms with Gasteiger partial charge in [0.15, 0.2) is 0 Å². The van der Waals surface area contributed by atoms with E-state index < -0.39 is 0 Å². The maximum atomic E-state index is 5.84. The minimum absolute atomic E-state index is 0.318. The van der Waals surface area contributed by atoms with Gasteiger partial charge < -0.3 is 10.1 Å². The summed E-state index contributed by atoms with van der Waals surface area (Å²) in [5, 5.41) is 3.42. The lowest BCUT2D eigenvalue weighted by atomic mass is 10.2. The molecule has 2 nitrogen and oxygen atoms in total. The van der Waals surface area contributed by atoms with E-state index in [1.165, 1.54) is 5.56 Å². The molecular weight excluding hydrogens is 290 g/mol. The molecule has 0 spiro atoms. The van der Waals surface area contributed by atoms with E-state index in [1.807, 2.05) is 12.1 Å². The van der Waals surface area contributed by atoms with Crippen molar-refractivity contribution in [2.45, 2.75) is 52.4 Å². The normalized spacial score (nSPS) is 12.9. The zero-order valence-corrected chi connectivity index (χ0v) is 13.2. The van der Waals surface area contributed by atoms with Crippen LogP contribution < -0.4 is 5.32 Å². The van der Waals surface area contributed by atoms with Crippen molar-refractivity contribution in [3.63, 3.8) is 0 Å². The molecule has 0 amide bonds. The van der Waals surface area contributed by atoms with E-state index in [-0.39, 0.29) is 0 Å². The van der Waals surface area contributed by atoms with Gasteiger partial charge in [-0.05, 0) is 44.0 Å². The molecule has 1 aromatic carbocycles. The van der Waals surface area contributed by atoms with Gasteiger partial charge in [0.2, 0.25) is 0 Å². The Hall–Kier alpha value is -0.380. The molecule has 0 radical (unpaired) electrons. The molecular formula is C15H24BrNO. The van der Waals surface area contributed by atoms with E-state index in [1.54, 1.807) is 0 Å². The zero-order chi connectivity index (χ0) is 13.4. The van der Waals surface area contributed by atoms with Gasteiger partial charge in [-0.2, -0.15) is 0 Å². The van der Waals surface area contributed by atoms with Crippen molar-refractivity contribution >= 4 is 15.9 Å². The molecule has 0 fully saturated rings. The van der Waals surface area contributed by atoms with Gasteiger partial charge in [-0.25, -0.2) is 0 Å². The van der Waals surface area contributed by atoms with E-state index in [9.17, 15) is 0 Å². The predicted molar refractivity (Wildman–Crippen MR) is 80.8 cm³/mol. The molecule has 1 aromatic rings. The van der Waals surface area contributed by atoms with Crippen LogP contribution in [0.15, 0.2) is 28.7 Å². The van der Waals surface area contributed by atoms with Gasteiger partial charge in [0.25, 0.3) is 0 Å². The molecule has 0 bridgehead atoms. The fraction of sp³-hybridized carbons (Fsp3) is 0.600. The fourth-order valence-corrected chi connectivity index (χ4v) is 2.18. The summed E-state index contributed by atoms with van der Waals surface area (Å²) < 4.78 is 6.95. The monoisotopic (exact) mass is 313 g/mol. The quantitative estimate of drug-likeness (QED) is 0.728. The Morgan fingerprint density at radius 3 is 2.72 bits per heavy atom. The number of hydrogen-bond acceptors (Lipinski definition) is 2. The standard InChI is InChI=1S/C15H24BrNO/c1-12(2)17-9-5-6-13(3)18-11-14-7-4-8-15(16)10-14/h4,7-8,10,12-13,17H,5-6,9,11H2,1-3H3. The highest BCUT2D eigenvalue weighted by Crippen LogP contribution is 2.13. The van der Waals surface area contributed by atoms with Gasteiger partial charge in [0, 0.05) is 10.5 Å². The zero-order valence-electron chi connectivity index (χ0n) is 11.6. The van der Waals surface area contributed by atoms with Crippen molar-refractivity contribution in [3.8, 4) is 0 Å². The van der Waals surface area contributed by atoms with E-state index in [0.717, 1.165) is 23.9 Å².